The molecule has 0 aliphatic carbocycles. The molecule has 0 radical (unpaired) electrons. The van der Waals surface area contributed by atoms with Crippen molar-refractivity contribution in [2.45, 2.75) is 6.54 Å². The molecule has 1 heterocycles. The van der Waals surface area contributed by atoms with Crippen molar-refractivity contribution in [3.05, 3.63) is 71.2 Å². The van der Waals surface area contributed by atoms with E-state index >= 15 is 0 Å². The lowest BCUT2D eigenvalue weighted by Gasteiger charge is -2.11. The summed E-state index contributed by atoms with van der Waals surface area (Å²) in [4.78, 5) is 25.5. The predicted octanol–water partition coefficient (Wildman–Crippen LogP) is 2.93. The van der Waals surface area contributed by atoms with E-state index < -0.39 is 11.9 Å². The standard InChI is InChI=1S/C18H15FN2O3/c1-24-15-4-2-3-13(9-15)10-16-17(22)21(18(23)20-16)11-12-5-7-14(19)8-6-12/h2-10H,11H2,1H3,(H,20,23)/b16-10-. The van der Waals surface area contributed by atoms with Gasteiger partial charge in [0.05, 0.1) is 13.7 Å². The number of ether oxygens (including phenoxy) is 1. The summed E-state index contributed by atoms with van der Waals surface area (Å²) in [5, 5.41) is 2.55. The van der Waals surface area contributed by atoms with Gasteiger partial charge in [-0.3, -0.25) is 9.69 Å². The fourth-order valence-electron chi connectivity index (χ4n) is 2.39. The zero-order valence-corrected chi connectivity index (χ0v) is 13.0. The fraction of sp³-hybridized carbons (Fsp3) is 0.111. The van der Waals surface area contributed by atoms with Crippen LogP contribution in [0.5, 0.6) is 5.75 Å². The zero-order chi connectivity index (χ0) is 17.1. The van der Waals surface area contributed by atoms with Crippen LogP contribution in [0.4, 0.5) is 9.18 Å². The van der Waals surface area contributed by atoms with Gasteiger partial charge >= 0.3 is 6.03 Å². The maximum Gasteiger partial charge on any atom is 0.329 e. The van der Waals surface area contributed by atoms with Crippen molar-refractivity contribution >= 4 is 18.0 Å². The Morgan fingerprint density at radius 3 is 2.62 bits per heavy atom. The Hall–Kier alpha value is -3.15. The van der Waals surface area contributed by atoms with E-state index in [-0.39, 0.29) is 18.1 Å². The van der Waals surface area contributed by atoms with Crippen molar-refractivity contribution in [2.75, 3.05) is 7.11 Å². The molecule has 3 amide bonds. The third kappa shape index (κ3) is 3.27. The molecular weight excluding hydrogens is 311 g/mol. The summed E-state index contributed by atoms with van der Waals surface area (Å²) >= 11 is 0. The molecule has 0 saturated carbocycles. The first-order valence-corrected chi connectivity index (χ1v) is 7.30. The lowest BCUT2D eigenvalue weighted by molar-refractivity contribution is -0.123. The molecule has 1 saturated heterocycles. The Bertz CT molecular complexity index is 815. The number of hydrogen-bond donors (Lipinski definition) is 1. The SMILES string of the molecule is COc1cccc(/C=C2\NC(=O)N(Cc3ccc(F)cc3)C2=O)c1. The zero-order valence-electron chi connectivity index (χ0n) is 13.0. The predicted molar refractivity (Wildman–Crippen MR) is 86.5 cm³/mol. The first-order chi connectivity index (χ1) is 11.6. The van der Waals surface area contributed by atoms with Gasteiger partial charge in [-0.05, 0) is 41.5 Å². The average molecular weight is 326 g/mol. The second kappa shape index (κ2) is 6.54. The Labute approximate surface area is 138 Å². The Kier molecular flexibility index (Phi) is 4.29. The number of hydrogen-bond acceptors (Lipinski definition) is 3. The van der Waals surface area contributed by atoms with E-state index in [0.29, 0.717) is 11.3 Å². The van der Waals surface area contributed by atoms with Gasteiger partial charge in [0.2, 0.25) is 0 Å². The maximum absolute atomic E-state index is 12.9. The first kappa shape index (κ1) is 15.7. The number of benzene rings is 2. The molecule has 1 N–H and O–H groups in total. The number of imide groups is 1. The number of carbonyl (C=O) groups excluding carboxylic acids is 2. The van der Waals surface area contributed by atoms with Gasteiger partial charge < -0.3 is 10.1 Å². The van der Waals surface area contributed by atoms with Crippen LogP contribution in [0, 0.1) is 5.82 Å². The van der Waals surface area contributed by atoms with Crippen LogP contribution in [-0.2, 0) is 11.3 Å². The van der Waals surface area contributed by atoms with Crippen LogP contribution in [-0.4, -0.2) is 23.9 Å². The highest BCUT2D eigenvalue weighted by molar-refractivity contribution is 6.13. The lowest BCUT2D eigenvalue weighted by Crippen LogP contribution is -2.30. The number of halogens is 1. The van der Waals surface area contributed by atoms with Gasteiger partial charge in [-0.25, -0.2) is 9.18 Å². The molecule has 6 heteroatoms. The average Bonchev–Trinajstić information content (AvgIpc) is 2.84. The van der Waals surface area contributed by atoms with Crippen molar-refractivity contribution in [3.8, 4) is 5.75 Å². The highest BCUT2D eigenvalue weighted by Crippen LogP contribution is 2.19. The summed E-state index contributed by atoms with van der Waals surface area (Å²) in [6.45, 7) is 0.0837. The topological polar surface area (TPSA) is 58.6 Å². The van der Waals surface area contributed by atoms with E-state index in [1.54, 1.807) is 49.6 Å². The smallest absolute Gasteiger partial charge is 0.329 e. The molecule has 3 rings (SSSR count). The molecule has 1 fully saturated rings. The second-order valence-corrected chi connectivity index (χ2v) is 5.28. The van der Waals surface area contributed by atoms with E-state index in [1.807, 2.05) is 0 Å². The largest absolute Gasteiger partial charge is 0.497 e. The van der Waals surface area contributed by atoms with E-state index in [1.165, 1.54) is 12.1 Å². The van der Waals surface area contributed by atoms with Crippen LogP contribution in [0.15, 0.2) is 54.2 Å². The Morgan fingerprint density at radius 2 is 1.92 bits per heavy atom. The molecule has 0 spiro atoms. The van der Waals surface area contributed by atoms with Crippen LogP contribution >= 0.6 is 0 Å². The van der Waals surface area contributed by atoms with Crippen molar-refractivity contribution in [2.24, 2.45) is 0 Å². The highest BCUT2D eigenvalue weighted by atomic mass is 19.1. The van der Waals surface area contributed by atoms with Crippen molar-refractivity contribution in [1.82, 2.24) is 10.2 Å². The minimum absolute atomic E-state index is 0.0837. The van der Waals surface area contributed by atoms with Crippen LogP contribution in [0.3, 0.4) is 0 Å². The van der Waals surface area contributed by atoms with Gasteiger partial charge in [0.15, 0.2) is 0 Å². The number of methoxy groups -OCH3 is 1. The lowest BCUT2D eigenvalue weighted by atomic mass is 10.1. The third-order valence-electron chi connectivity index (χ3n) is 3.62. The van der Waals surface area contributed by atoms with Gasteiger partial charge in [-0.2, -0.15) is 0 Å². The summed E-state index contributed by atoms with van der Waals surface area (Å²) in [5.74, 6) is -0.133. The Balaban J connectivity index is 1.80. The maximum atomic E-state index is 12.9. The minimum Gasteiger partial charge on any atom is -0.497 e. The van der Waals surface area contributed by atoms with Gasteiger partial charge in [-0.1, -0.05) is 24.3 Å². The molecule has 0 aromatic heterocycles. The summed E-state index contributed by atoms with van der Waals surface area (Å²) < 4.78 is 18.1. The summed E-state index contributed by atoms with van der Waals surface area (Å²) in [7, 11) is 1.55. The van der Waals surface area contributed by atoms with Gasteiger partial charge in [-0.15, -0.1) is 0 Å². The molecule has 5 nitrogen and oxygen atoms in total. The molecule has 1 aliphatic heterocycles. The number of carbonyl (C=O) groups is 2. The van der Waals surface area contributed by atoms with Crippen molar-refractivity contribution in [1.29, 1.82) is 0 Å². The molecule has 122 valence electrons. The number of rotatable bonds is 4. The molecule has 2 aromatic carbocycles. The summed E-state index contributed by atoms with van der Waals surface area (Å²) in [6, 6.07) is 12.3. The molecule has 0 bridgehead atoms. The highest BCUT2D eigenvalue weighted by Gasteiger charge is 2.33. The quantitative estimate of drug-likeness (QED) is 0.694. The third-order valence-corrected chi connectivity index (χ3v) is 3.62. The van der Waals surface area contributed by atoms with E-state index in [9.17, 15) is 14.0 Å². The number of nitrogens with one attached hydrogen (secondary N) is 1. The second-order valence-electron chi connectivity index (χ2n) is 5.28. The van der Waals surface area contributed by atoms with Crippen molar-refractivity contribution < 1.29 is 18.7 Å². The van der Waals surface area contributed by atoms with Crippen LogP contribution < -0.4 is 10.1 Å². The number of nitrogens with zero attached hydrogens (tertiary/aromatic N) is 1. The van der Waals surface area contributed by atoms with Crippen LogP contribution in [0.1, 0.15) is 11.1 Å². The summed E-state index contributed by atoms with van der Waals surface area (Å²) in [6.07, 6.45) is 1.59. The molecular formula is C18H15FN2O3. The molecule has 2 aromatic rings. The van der Waals surface area contributed by atoms with Gasteiger partial charge in [0, 0.05) is 0 Å². The van der Waals surface area contributed by atoms with E-state index in [0.717, 1.165) is 10.5 Å². The van der Waals surface area contributed by atoms with Gasteiger partial charge in [0.25, 0.3) is 5.91 Å². The van der Waals surface area contributed by atoms with E-state index in [4.69, 9.17) is 4.74 Å². The number of urea groups is 1. The number of amides is 3. The Morgan fingerprint density at radius 1 is 1.17 bits per heavy atom. The fourth-order valence-corrected chi connectivity index (χ4v) is 2.39. The molecule has 1 aliphatic rings. The minimum atomic E-state index is -0.501. The van der Waals surface area contributed by atoms with Crippen LogP contribution in [0.2, 0.25) is 0 Å². The van der Waals surface area contributed by atoms with Gasteiger partial charge in [0.1, 0.15) is 17.3 Å². The monoisotopic (exact) mass is 326 g/mol. The molecule has 24 heavy (non-hydrogen) atoms. The normalized spacial score (nSPS) is 15.8. The molecule has 0 atom stereocenters. The summed E-state index contributed by atoms with van der Waals surface area (Å²) in [5.41, 5.74) is 1.60. The van der Waals surface area contributed by atoms with E-state index in [2.05, 4.69) is 5.32 Å². The van der Waals surface area contributed by atoms with Crippen LogP contribution in [0.25, 0.3) is 6.08 Å². The van der Waals surface area contributed by atoms with Crippen molar-refractivity contribution in [3.63, 3.8) is 0 Å². The first-order valence-electron chi connectivity index (χ1n) is 7.30. The molecule has 0 unspecified atom stereocenters.